The van der Waals surface area contributed by atoms with Crippen LogP contribution in [-0.2, 0) is 4.74 Å². The first-order valence-corrected chi connectivity index (χ1v) is 7.10. The maximum Gasteiger partial charge on any atom is 0.0465 e. The summed E-state index contributed by atoms with van der Waals surface area (Å²) in [6.07, 6.45) is 6.19. The van der Waals surface area contributed by atoms with Crippen molar-refractivity contribution in [2.24, 2.45) is 23.0 Å². The largest absolute Gasteiger partial charge is 0.385 e. The van der Waals surface area contributed by atoms with Crippen molar-refractivity contribution < 1.29 is 4.74 Å². The molecule has 2 heteroatoms. The van der Waals surface area contributed by atoms with Crippen molar-refractivity contribution in [1.82, 2.24) is 0 Å². The lowest BCUT2D eigenvalue weighted by Gasteiger charge is -2.51. The smallest absolute Gasteiger partial charge is 0.0465 e. The first-order chi connectivity index (χ1) is 7.82. The van der Waals surface area contributed by atoms with Gasteiger partial charge in [0.25, 0.3) is 0 Å². The zero-order chi connectivity index (χ0) is 13.1. The monoisotopic (exact) mass is 241 g/mol. The Morgan fingerprint density at radius 3 is 2.53 bits per heavy atom. The molecule has 102 valence electrons. The quantitative estimate of drug-likeness (QED) is 0.816. The standard InChI is InChI=1S/C15H31NO/c1-12(9-11-17-5)15(16)10-7-6-8-13(15)14(2,3)4/h12-13H,6-11,16H2,1-5H3. The fourth-order valence-electron chi connectivity index (χ4n) is 3.62. The number of hydrogen-bond donors (Lipinski definition) is 1. The van der Waals surface area contributed by atoms with Crippen molar-refractivity contribution >= 4 is 0 Å². The topological polar surface area (TPSA) is 35.2 Å². The van der Waals surface area contributed by atoms with E-state index in [1.807, 2.05) is 0 Å². The van der Waals surface area contributed by atoms with E-state index in [2.05, 4.69) is 27.7 Å². The Bertz CT molecular complexity index is 234. The summed E-state index contributed by atoms with van der Waals surface area (Å²) in [6.45, 7) is 10.2. The van der Waals surface area contributed by atoms with Gasteiger partial charge in [-0.05, 0) is 36.5 Å². The summed E-state index contributed by atoms with van der Waals surface area (Å²) < 4.78 is 5.21. The van der Waals surface area contributed by atoms with Gasteiger partial charge in [-0.1, -0.05) is 40.5 Å². The average molecular weight is 241 g/mol. The molecule has 0 spiro atoms. The minimum atomic E-state index is 0.00896. The lowest BCUT2D eigenvalue weighted by atomic mass is 9.58. The Hall–Kier alpha value is -0.0800. The molecule has 0 saturated heterocycles. The summed E-state index contributed by atoms with van der Waals surface area (Å²) >= 11 is 0. The molecule has 0 heterocycles. The van der Waals surface area contributed by atoms with Gasteiger partial charge < -0.3 is 10.5 Å². The van der Waals surface area contributed by atoms with Gasteiger partial charge >= 0.3 is 0 Å². The summed E-state index contributed by atoms with van der Waals surface area (Å²) in [6, 6.07) is 0. The van der Waals surface area contributed by atoms with E-state index < -0.39 is 0 Å². The second-order valence-corrected chi connectivity index (χ2v) is 6.96. The predicted octanol–water partition coefficient (Wildman–Crippen LogP) is 3.59. The van der Waals surface area contributed by atoms with Crippen LogP contribution >= 0.6 is 0 Å². The molecule has 0 radical (unpaired) electrons. The Morgan fingerprint density at radius 1 is 1.35 bits per heavy atom. The van der Waals surface area contributed by atoms with Crippen LogP contribution in [-0.4, -0.2) is 19.3 Å². The van der Waals surface area contributed by atoms with Gasteiger partial charge in [-0.2, -0.15) is 0 Å². The van der Waals surface area contributed by atoms with Crippen molar-refractivity contribution in [1.29, 1.82) is 0 Å². The van der Waals surface area contributed by atoms with Crippen molar-refractivity contribution in [3.8, 4) is 0 Å². The van der Waals surface area contributed by atoms with E-state index in [9.17, 15) is 0 Å². The summed E-state index contributed by atoms with van der Waals surface area (Å²) in [5.74, 6) is 1.18. The zero-order valence-corrected chi connectivity index (χ0v) is 12.4. The van der Waals surface area contributed by atoms with Gasteiger partial charge in [0.15, 0.2) is 0 Å². The second kappa shape index (κ2) is 5.71. The molecule has 1 saturated carbocycles. The van der Waals surface area contributed by atoms with Gasteiger partial charge in [0.2, 0.25) is 0 Å². The molecule has 0 aromatic carbocycles. The van der Waals surface area contributed by atoms with Crippen LogP contribution in [0.15, 0.2) is 0 Å². The average Bonchev–Trinajstić information content (AvgIpc) is 2.24. The van der Waals surface area contributed by atoms with Gasteiger partial charge in [0, 0.05) is 19.3 Å². The fraction of sp³-hybridized carbons (Fsp3) is 1.00. The maximum absolute atomic E-state index is 6.82. The molecule has 1 aliphatic carbocycles. The third kappa shape index (κ3) is 3.45. The molecule has 0 amide bonds. The molecule has 1 rings (SSSR count). The Kier molecular flexibility index (Phi) is 5.03. The summed E-state index contributed by atoms with van der Waals surface area (Å²) in [5.41, 5.74) is 7.14. The molecule has 2 nitrogen and oxygen atoms in total. The Morgan fingerprint density at radius 2 is 2.00 bits per heavy atom. The van der Waals surface area contributed by atoms with E-state index in [0.29, 0.717) is 17.3 Å². The number of ether oxygens (including phenoxy) is 1. The molecule has 0 aliphatic heterocycles. The van der Waals surface area contributed by atoms with Crippen molar-refractivity contribution in [3.63, 3.8) is 0 Å². The molecule has 1 aliphatic rings. The first-order valence-electron chi connectivity index (χ1n) is 7.10. The second-order valence-electron chi connectivity index (χ2n) is 6.96. The minimum absolute atomic E-state index is 0.00896. The van der Waals surface area contributed by atoms with Crippen LogP contribution in [0.1, 0.15) is 59.8 Å². The first kappa shape index (κ1) is 15.0. The highest BCUT2D eigenvalue weighted by Gasteiger charge is 2.46. The van der Waals surface area contributed by atoms with Gasteiger partial charge in [0.05, 0.1) is 0 Å². The summed E-state index contributed by atoms with van der Waals surface area (Å²) in [5, 5.41) is 0. The number of rotatable bonds is 4. The van der Waals surface area contributed by atoms with E-state index in [0.717, 1.165) is 13.0 Å². The van der Waals surface area contributed by atoms with Crippen LogP contribution in [0.3, 0.4) is 0 Å². The van der Waals surface area contributed by atoms with Crippen LogP contribution < -0.4 is 5.73 Å². The van der Waals surface area contributed by atoms with Gasteiger partial charge in [-0.25, -0.2) is 0 Å². The minimum Gasteiger partial charge on any atom is -0.385 e. The molecule has 0 aromatic rings. The number of nitrogens with two attached hydrogens (primary N) is 1. The van der Waals surface area contributed by atoms with Gasteiger partial charge in [0.1, 0.15) is 0 Å². The van der Waals surface area contributed by atoms with E-state index in [1.165, 1.54) is 25.7 Å². The van der Waals surface area contributed by atoms with Crippen LogP contribution in [0.2, 0.25) is 0 Å². The fourth-order valence-corrected chi connectivity index (χ4v) is 3.62. The third-order valence-corrected chi connectivity index (χ3v) is 4.72. The molecule has 0 aromatic heterocycles. The maximum atomic E-state index is 6.82. The van der Waals surface area contributed by atoms with Gasteiger partial charge in [-0.3, -0.25) is 0 Å². The lowest BCUT2D eigenvalue weighted by molar-refractivity contribution is 0.0294. The summed E-state index contributed by atoms with van der Waals surface area (Å²) in [4.78, 5) is 0. The van der Waals surface area contributed by atoms with E-state index in [-0.39, 0.29) is 5.54 Å². The van der Waals surface area contributed by atoms with E-state index in [1.54, 1.807) is 7.11 Å². The molecule has 2 N–H and O–H groups in total. The highest BCUT2D eigenvalue weighted by atomic mass is 16.5. The van der Waals surface area contributed by atoms with Crippen LogP contribution in [0.4, 0.5) is 0 Å². The third-order valence-electron chi connectivity index (χ3n) is 4.72. The van der Waals surface area contributed by atoms with Crippen molar-refractivity contribution in [2.75, 3.05) is 13.7 Å². The van der Waals surface area contributed by atoms with Crippen molar-refractivity contribution in [3.05, 3.63) is 0 Å². The van der Waals surface area contributed by atoms with Crippen LogP contribution in [0, 0.1) is 17.3 Å². The summed E-state index contributed by atoms with van der Waals surface area (Å²) in [7, 11) is 1.78. The van der Waals surface area contributed by atoms with Crippen LogP contribution in [0.25, 0.3) is 0 Å². The molecular formula is C15H31NO. The van der Waals surface area contributed by atoms with E-state index >= 15 is 0 Å². The van der Waals surface area contributed by atoms with Gasteiger partial charge in [-0.15, -0.1) is 0 Å². The molecule has 17 heavy (non-hydrogen) atoms. The normalized spacial score (nSPS) is 32.5. The molecule has 1 fully saturated rings. The van der Waals surface area contributed by atoms with Crippen LogP contribution in [0.5, 0.6) is 0 Å². The zero-order valence-electron chi connectivity index (χ0n) is 12.4. The number of hydrogen-bond acceptors (Lipinski definition) is 2. The molecule has 3 atom stereocenters. The highest BCUT2D eigenvalue weighted by Crippen LogP contribution is 2.47. The Balaban J connectivity index is 2.80. The molecule has 3 unspecified atom stereocenters. The predicted molar refractivity (Wildman–Crippen MR) is 74.0 cm³/mol. The van der Waals surface area contributed by atoms with E-state index in [4.69, 9.17) is 10.5 Å². The SMILES string of the molecule is COCCC(C)C1(N)CCCCC1C(C)(C)C. The molecular weight excluding hydrogens is 210 g/mol. The van der Waals surface area contributed by atoms with Crippen molar-refractivity contribution in [2.45, 2.75) is 65.3 Å². The Labute approximate surface area is 107 Å². The lowest BCUT2D eigenvalue weighted by Crippen LogP contribution is -2.58. The molecule has 0 bridgehead atoms. The number of methoxy groups -OCH3 is 1. The highest BCUT2D eigenvalue weighted by molar-refractivity contribution is 5.01.